The molecule has 0 heterocycles. The molecule has 308 valence electrons. The van der Waals surface area contributed by atoms with Crippen LogP contribution < -0.4 is 0 Å². The third-order valence-corrected chi connectivity index (χ3v) is 10.4. The summed E-state index contributed by atoms with van der Waals surface area (Å²) in [6.07, 6.45) is 37.3. The van der Waals surface area contributed by atoms with E-state index in [0.717, 1.165) is 89.9 Å². The van der Waals surface area contributed by atoms with Crippen molar-refractivity contribution in [3.63, 3.8) is 0 Å². The molecule has 0 saturated carbocycles. The van der Waals surface area contributed by atoms with Crippen molar-refractivity contribution in [2.75, 3.05) is 6.61 Å². The van der Waals surface area contributed by atoms with E-state index < -0.39 is 0 Å². The van der Waals surface area contributed by atoms with Crippen molar-refractivity contribution in [2.24, 2.45) is 0 Å². The second-order valence-electron chi connectivity index (χ2n) is 15.7. The molecule has 0 aromatic rings. The summed E-state index contributed by atoms with van der Waals surface area (Å²) >= 11 is 0. The molecule has 0 rings (SSSR count). The summed E-state index contributed by atoms with van der Waals surface area (Å²) in [5.74, 6) is -0.354. The number of unbranched alkanes of at least 4 members (excludes halogenated alkanes) is 26. The molecule has 0 fully saturated rings. The molecule has 0 spiro atoms. The molecule has 0 aliphatic heterocycles. The van der Waals surface area contributed by atoms with Gasteiger partial charge in [0.05, 0.1) is 6.61 Å². The van der Waals surface area contributed by atoms with Gasteiger partial charge in [-0.2, -0.15) is 0 Å². The lowest BCUT2D eigenvalue weighted by Gasteiger charge is -2.27. The van der Waals surface area contributed by atoms with Crippen molar-refractivity contribution in [3.8, 4) is 0 Å². The highest BCUT2D eigenvalue weighted by molar-refractivity contribution is 5.70. The van der Waals surface area contributed by atoms with E-state index in [4.69, 9.17) is 14.2 Å². The Bertz CT molecular complexity index is 783. The third kappa shape index (κ3) is 35.4. The first kappa shape index (κ1) is 50.4. The van der Waals surface area contributed by atoms with Gasteiger partial charge in [0.2, 0.25) is 0 Å². The van der Waals surface area contributed by atoms with E-state index in [-0.39, 0.29) is 30.1 Å². The zero-order chi connectivity index (χ0) is 38.2. The second kappa shape index (κ2) is 40.6. The highest BCUT2D eigenvalue weighted by Gasteiger charge is 2.28. The van der Waals surface area contributed by atoms with Crippen LogP contribution in [0.5, 0.6) is 0 Å². The standard InChI is InChI=1S/C46H88O6/c1-5-9-13-17-21-26-33-39-45(48)51-42(36-30-24-19-15-11-7-3)43(52-46(49)40-34-27-22-18-14-10-6-2)37-31-25-23-28-32-38-44(47)50-41-35-29-20-16-12-8-4/h42-43H,5-41H2,1-4H3. The molecule has 0 bridgehead atoms. The van der Waals surface area contributed by atoms with Crippen molar-refractivity contribution in [1.29, 1.82) is 0 Å². The van der Waals surface area contributed by atoms with Crippen LogP contribution in [-0.2, 0) is 28.6 Å². The molecular weight excluding hydrogens is 649 g/mol. The number of hydrogen-bond donors (Lipinski definition) is 0. The fourth-order valence-corrected chi connectivity index (χ4v) is 6.96. The molecule has 0 amide bonds. The normalized spacial score (nSPS) is 12.5. The molecule has 2 atom stereocenters. The molecule has 0 aliphatic rings. The Morgan fingerprint density at radius 3 is 0.942 bits per heavy atom. The maximum absolute atomic E-state index is 13.1. The van der Waals surface area contributed by atoms with E-state index in [1.165, 1.54) is 116 Å². The lowest BCUT2D eigenvalue weighted by atomic mass is 9.99. The van der Waals surface area contributed by atoms with Crippen molar-refractivity contribution < 1.29 is 28.6 Å². The predicted octanol–water partition coefficient (Wildman–Crippen LogP) is 14.5. The molecule has 0 saturated heterocycles. The van der Waals surface area contributed by atoms with Crippen LogP contribution >= 0.6 is 0 Å². The highest BCUT2D eigenvalue weighted by Crippen LogP contribution is 2.23. The van der Waals surface area contributed by atoms with E-state index >= 15 is 0 Å². The topological polar surface area (TPSA) is 78.9 Å². The van der Waals surface area contributed by atoms with Crippen molar-refractivity contribution in [1.82, 2.24) is 0 Å². The van der Waals surface area contributed by atoms with Gasteiger partial charge in [0.1, 0.15) is 12.2 Å². The molecule has 2 unspecified atom stereocenters. The predicted molar refractivity (Wildman–Crippen MR) is 220 cm³/mol. The highest BCUT2D eigenvalue weighted by atomic mass is 16.6. The molecule has 0 N–H and O–H groups in total. The van der Waals surface area contributed by atoms with Gasteiger partial charge >= 0.3 is 17.9 Å². The summed E-state index contributed by atoms with van der Waals surface area (Å²) in [5, 5.41) is 0. The molecule has 0 aromatic carbocycles. The van der Waals surface area contributed by atoms with Crippen LogP contribution in [0.2, 0.25) is 0 Å². The molecule has 52 heavy (non-hydrogen) atoms. The second-order valence-corrected chi connectivity index (χ2v) is 15.7. The summed E-state index contributed by atoms with van der Waals surface area (Å²) in [4.78, 5) is 38.4. The molecule has 0 aliphatic carbocycles. The average Bonchev–Trinajstić information content (AvgIpc) is 3.13. The summed E-state index contributed by atoms with van der Waals surface area (Å²) in [7, 11) is 0. The van der Waals surface area contributed by atoms with Gasteiger partial charge < -0.3 is 14.2 Å². The number of hydrogen-bond acceptors (Lipinski definition) is 6. The van der Waals surface area contributed by atoms with Gasteiger partial charge in [-0.1, -0.05) is 188 Å². The summed E-state index contributed by atoms with van der Waals surface area (Å²) < 4.78 is 17.8. The van der Waals surface area contributed by atoms with E-state index in [1.807, 2.05) is 0 Å². The quantitative estimate of drug-likeness (QED) is 0.0353. The molecule has 6 heteroatoms. The van der Waals surface area contributed by atoms with Gasteiger partial charge in [0.15, 0.2) is 0 Å². The van der Waals surface area contributed by atoms with Crippen molar-refractivity contribution in [3.05, 3.63) is 0 Å². The first-order valence-electron chi connectivity index (χ1n) is 23.0. The Balaban J connectivity index is 5.00. The molecular formula is C46H88O6. The molecule has 0 aromatic heterocycles. The van der Waals surface area contributed by atoms with E-state index in [2.05, 4.69) is 27.7 Å². The Morgan fingerprint density at radius 1 is 0.327 bits per heavy atom. The Hall–Kier alpha value is -1.59. The maximum atomic E-state index is 13.1. The molecule has 0 radical (unpaired) electrons. The van der Waals surface area contributed by atoms with Gasteiger partial charge in [0.25, 0.3) is 0 Å². The number of esters is 3. The fraction of sp³-hybridized carbons (Fsp3) is 0.935. The minimum atomic E-state index is -0.386. The third-order valence-electron chi connectivity index (χ3n) is 10.4. The largest absolute Gasteiger partial charge is 0.466 e. The lowest BCUT2D eigenvalue weighted by molar-refractivity contribution is -0.169. The van der Waals surface area contributed by atoms with Crippen LogP contribution in [0.3, 0.4) is 0 Å². The Labute approximate surface area is 323 Å². The smallest absolute Gasteiger partial charge is 0.306 e. The van der Waals surface area contributed by atoms with Gasteiger partial charge in [-0.15, -0.1) is 0 Å². The van der Waals surface area contributed by atoms with Crippen LogP contribution in [0.4, 0.5) is 0 Å². The minimum Gasteiger partial charge on any atom is -0.466 e. The summed E-state index contributed by atoms with van der Waals surface area (Å²) in [6, 6.07) is 0. The average molecular weight is 737 g/mol. The zero-order valence-corrected chi connectivity index (χ0v) is 35.3. The number of carbonyl (C=O) groups is 3. The zero-order valence-electron chi connectivity index (χ0n) is 35.3. The molecule has 6 nitrogen and oxygen atoms in total. The summed E-state index contributed by atoms with van der Waals surface area (Å²) in [6.45, 7) is 9.47. The fourth-order valence-electron chi connectivity index (χ4n) is 6.96. The van der Waals surface area contributed by atoms with E-state index in [0.29, 0.717) is 32.3 Å². The minimum absolute atomic E-state index is 0.0719. The Morgan fingerprint density at radius 2 is 0.596 bits per heavy atom. The van der Waals surface area contributed by atoms with Gasteiger partial charge in [-0.05, 0) is 51.4 Å². The van der Waals surface area contributed by atoms with Crippen LogP contribution in [0.25, 0.3) is 0 Å². The van der Waals surface area contributed by atoms with Crippen LogP contribution in [-0.4, -0.2) is 36.7 Å². The van der Waals surface area contributed by atoms with E-state index in [9.17, 15) is 14.4 Å². The maximum Gasteiger partial charge on any atom is 0.306 e. The van der Waals surface area contributed by atoms with E-state index in [1.54, 1.807) is 0 Å². The first-order chi connectivity index (χ1) is 25.5. The lowest BCUT2D eigenvalue weighted by Crippen LogP contribution is -2.35. The number of carbonyl (C=O) groups excluding carboxylic acids is 3. The Kier molecular flexibility index (Phi) is 39.4. The van der Waals surface area contributed by atoms with Gasteiger partial charge in [0, 0.05) is 19.3 Å². The monoisotopic (exact) mass is 737 g/mol. The van der Waals surface area contributed by atoms with Gasteiger partial charge in [-0.3, -0.25) is 14.4 Å². The van der Waals surface area contributed by atoms with Crippen molar-refractivity contribution >= 4 is 17.9 Å². The van der Waals surface area contributed by atoms with Crippen molar-refractivity contribution in [2.45, 2.75) is 271 Å². The number of rotatable bonds is 41. The van der Waals surface area contributed by atoms with Crippen LogP contribution in [0.15, 0.2) is 0 Å². The summed E-state index contributed by atoms with van der Waals surface area (Å²) in [5.41, 5.74) is 0. The SMILES string of the molecule is CCCCCCCCCC(=O)OC(CCCCCCCC)C(CCCCCCCC(=O)OCCCCCCCC)OC(=O)CCCCCCCCC. The first-order valence-corrected chi connectivity index (χ1v) is 23.0. The number of ether oxygens (including phenoxy) is 3. The van der Waals surface area contributed by atoms with Crippen LogP contribution in [0.1, 0.15) is 259 Å². The van der Waals surface area contributed by atoms with Gasteiger partial charge in [-0.25, -0.2) is 0 Å². The van der Waals surface area contributed by atoms with Crippen LogP contribution in [0, 0.1) is 0 Å².